The van der Waals surface area contributed by atoms with Gasteiger partial charge in [0.15, 0.2) is 0 Å². The zero-order valence-electron chi connectivity index (χ0n) is 31.9. The van der Waals surface area contributed by atoms with Crippen LogP contribution in [0.2, 0.25) is 0 Å². The molecule has 0 rings (SSSR count). The second kappa shape index (κ2) is 38.9. The van der Waals surface area contributed by atoms with Gasteiger partial charge in [0.05, 0.1) is 0 Å². The maximum absolute atomic E-state index is 12.5. The minimum absolute atomic E-state index is 0.141. The van der Waals surface area contributed by atoms with Crippen molar-refractivity contribution in [2.75, 3.05) is 6.61 Å². The summed E-state index contributed by atoms with van der Waals surface area (Å²) in [6.45, 7) is 6.91. The van der Waals surface area contributed by atoms with Crippen molar-refractivity contribution in [1.82, 2.24) is 0 Å². The van der Waals surface area contributed by atoms with Crippen molar-refractivity contribution in [2.24, 2.45) is 0 Å². The topological polar surface area (TPSA) is 52.6 Å². The summed E-state index contributed by atoms with van der Waals surface area (Å²) < 4.78 is 11.3. The SMILES string of the molecule is CCCCCCCCC=CCCCCCCCC(=O)OCC(CCCCC)OC(=O)CCCCCCCC=CCCCCCCCC. The molecule has 0 N–H and O–H groups in total. The first-order valence-electron chi connectivity index (χ1n) is 20.8. The molecule has 0 heterocycles. The fourth-order valence-electron chi connectivity index (χ4n) is 5.98. The number of hydrogen-bond donors (Lipinski definition) is 0. The van der Waals surface area contributed by atoms with Crippen LogP contribution in [0.4, 0.5) is 0 Å². The Morgan fingerprint density at radius 2 is 0.766 bits per heavy atom. The lowest BCUT2D eigenvalue weighted by Gasteiger charge is -2.18. The van der Waals surface area contributed by atoms with Gasteiger partial charge in [-0.15, -0.1) is 0 Å². The third-order valence-electron chi connectivity index (χ3n) is 9.14. The first kappa shape index (κ1) is 45.4. The van der Waals surface area contributed by atoms with E-state index >= 15 is 0 Å². The molecule has 0 fully saturated rings. The van der Waals surface area contributed by atoms with Gasteiger partial charge >= 0.3 is 11.9 Å². The predicted molar refractivity (Wildman–Crippen MR) is 204 cm³/mol. The average molecular weight is 661 g/mol. The van der Waals surface area contributed by atoms with Crippen LogP contribution >= 0.6 is 0 Å². The smallest absolute Gasteiger partial charge is 0.306 e. The van der Waals surface area contributed by atoms with Crippen LogP contribution in [0.5, 0.6) is 0 Å². The minimum atomic E-state index is -0.310. The van der Waals surface area contributed by atoms with E-state index in [0.717, 1.165) is 51.4 Å². The highest BCUT2D eigenvalue weighted by Gasteiger charge is 2.17. The Labute approximate surface area is 293 Å². The second-order valence-corrected chi connectivity index (χ2v) is 14.0. The molecule has 0 saturated heterocycles. The summed E-state index contributed by atoms with van der Waals surface area (Å²) in [6.07, 6.45) is 46.4. The molecule has 4 heteroatoms. The number of rotatable bonds is 37. The van der Waals surface area contributed by atoms with Gasteiger partial charge in [0.25, 0.3) is 0 Å². The number of ether oxygens (including phenoxy) is 2. The fourth-order valence-corrected chi connectivity index (χ4v) is 5.98. The van der Waals surface area contributed by atoms with Crippen LogP contribution in [0.1, 0.15) is 226 Å². The van der Waals surface area contributed by atoms with Crippen molar-refractivity contribution in [1.29, 1.82) is 0 Å². The molecule has 4 nitrogen and oxygen atoms in total. The molecule has 0 aromatic rings. The normalized spacial score (nSPS) is 12.3. The highest BCUT2D eigenvalue weighted by atomic mass is 16.6. The summed E-state index contributed by atoms with van der Waals surface area (Å²) in [7, 11) is 0. The Morgan fingerprint density at radius 1 is 0.426 bits per heavy atom. The molecule has 0 amide bonds. The maximum Gasteiger partial charge on any atom is 0.306 e. The Bertz CT molecular complexity index is 713. The number of esters is 2. The second-order valence-electron chi connectivity index (χ2n) is 14.0. The van der Waals surface area contributed by atoms with Gasteiger partial charge in [-0.1, -0.05) is 161 Å². The van der Waals surface area contributed by atoms with Crippen molar-refractivity contribution in [2.45, 2.75) is 232 Å². The van der Waals surface area contributed by atoms with Crippen molar-refractivity contribution in [3.8, 4) is 0 Å². The zero-order valence-corrected chi connectivity index (χ0v) is 31.9. The molecule has 0 aromatic heterocycles. The largest absolute Gasteiger partial charge is 0.462 e. The van der Waals surface area contributed by atoms with Crippen LogP contribution in [0.15, 0.2) is 24.3 Å². The van der Waals surface area contributed by atoms with Crippen molar-refractivity contribution >= 4 is 11.9 Å². The summed E-state index contributed by atoms with van der Waals surface area (Å²) in [5, 5.41) is 0. The number of unbranched alkanes of at least 4 members (excludes halogenated alkanes) is 24. The summed E-state index contributed by atoms with van der Waals surface area (Å²) >= 11 is 0. The monoisotopic (exact) mass is 661 g/mol. The van der Waals surface area contributed by atoms with Crippen molar-refractivity contribution in [3.05, 3.63) is 24.3 Å². The summed E-state index contributed by atoms with van der Waals surface area (Å²) in [6, 6.07) is 0. The van der Waals surface area contributed by atoms with E-state index in [1.165, 1.54) is 141 Å². The Hall–Kier alpha value is -1.58. The summed E-state index contributed by atoms with van der Waals surface area (Å²) in [5.41, 5.74) is 0. The Morgan fingerprint density at radius 3 is 1.19 bits per heavy atom. The molecule has 1 unspecified atom stereocenters. The van der Waals surface area contributed by atoms with Crippen molar-refractivity contribution in [3.63, 3.8) is 0 Å². The van der Waals surface area contributed by atoms with E-state index in [2.05, 4.69) is 45.1 Å². The number of hydrogen-bond acceptors (Lipinski definition) is 4. The first-order chi connectivity index (χ1) is 23.1. The molecule has 0 aliphatic rings. The van der Waals surface area contributed by atoms with Gasteiger partial charge in [-0.3, -0.25) is 9.59 Å². The molecule has 0 spiro atoms. The third-order valence-corrected chi connectivity index (χ3v) is 9.14. The molecule has 0 radical (unpaired) electrons. The first-order valence-corrected chi connectivity index (χ1v) is 20.8. The van der Waals surface area contributed by atoms with Crippen LogP contribution in [-0.4, -0.2) is 24.6 Å². The predicted octanol–water partition coefficient (Wildman–Crippen LogP) is 14.1. The lowest BCUT2D eigenvalue weighted by atomic mass is 10.1. The van der Waals surface area contributed by atoms with Crippen LogP contribution in [0, 0.1) is 0 Å². The molecule has 0 saturated carbocycles. The van der Waals surface area contributed by atoms with E-state index in [1.807, 2.05) is 0 Å². The average Bonchev–Trinajstić information content (AvgIpc) is 3.07. The summed E-state index contributed by atoms with van der Waals surface area (Å²) in [5.74, 6) is -0.297. The minimum Gasteiger partial charge on any atom is -0.462 e. The summed E-state index contributed by atoms with van der Waals surface area (Å²) in [4.78, 5) is 24.9. The standard InChI is InChI=1S/C43H80O4/c1-4-7-10-12-14-16-18-20-22-24-26-28-30-32-35-38-42(44)46-40-41(37-34-9-6-3)47-43(45)39-36-33-31-29-27-25-23-21-19-17-15-13-11-8-5-2/h20-23,41H,4-19,24-40H2,1-3H3. The van der Waals surface area contributed by atoms with Gasteiger partial charge in [-0.25, -0.2) is 0 Å². The van der Waals surface area contributed by atoms with Gasteiger partial charge in [0, 0.05) is 12.8 Å². The third kappa shape index (κ3) is 37.1. The molecular weight excluding hydrogens is 580 g/mol. The van der Waals surface area contributed by atoms with Gasteiger partial charge in [0.2, 0.25) is 0 Å². The highest BCUT2D eigenvalue weighted by Crippen LogP contribution is 2.14. The molecule has 0 aromatic carbocycles. The highest BCUT2D eigenvalue weighted by molar-refractivity contribution is 5.70. The number of carbonyl (C=O) groups is 2. The van der Waals surface area contributed by atoms with E-state index in [9.17, 15) is 9.59 Å². The molecule has 1 atom stereocenters. The molecule has 47 heavy (non-hydrogen) atoms. The van der Waals surface area contributed by atoms with Gasteiger partial charge in [-0.05, 0) is 77.0 Å². The fraction of sp³-hybridized carbons (Fsp3) is 0.860. The molecular formula is C43H80O4. The number of carbonyl (C=O) groups excluding carboxylic acids is 2. The zero-order chi connectivity index (χ0) is 34.3. The van der Waals surface area contributed by atoms with Crippen LogP contribution in [0.25, 0.3) is 0 Å². The van der Waals surface area contributed by atoms with Gasteiger partial charge in [0.1, 0.15) is 12.7 Å². The molecule has 0 aliphatic heterocycles. The van der Waals surface area contributed by atoms with E-state index in [-0.39, 0.29) is 24.6 Å². The van der Waals surface area contributed by atoms with Crippen LogP contribution in [-0.2, 0) is 19.1 Å². The Balaban J connectivity index is 3.85. The lowest BCUT2D eigenvalue weighted by molar-refractivity contribution is -0.159. The van der Waals surface area contributed by atoms with Crippen LogP contribution < -0.4 is 0 Å². The van der Waals surface area contributed by atoms with E-state index in [0.29, 0.717) is 12.8 Å². The van der Waals surface area contributed by atoms with E-state index in [1.54, 1.807) is 0 Å². The van der Waals surface area contributed by atoms with Gasteiger partial charge < -0.3 is 9.47 Å². The number of allylic oxidation sites excluding steroid dienone is 4. The Kier molecular flexibility index (Phi) is 37.6. The van der Waals surface area contributed by atoms with Crippen molar-refractivity contribution < 1.29 is 19.1 Å². The maximum atomic E-state index is 12.5. The van der Waals surface area contributed by atoms with Crippen LogP contribution in [0.3, 0.4) is 0 Å². The molecule has 0 aliphatic carbocycles. The van der Waals surface area contributed by atoms with E-state index in [4.69, 9.17) is 9.47 Å². The quantitative estimate of drug-likeness (QED) is 0.0378. The molecule has 276 valence electrons. The van der Waals surface area contributed by atoms with E-state index < -0.39 is 0 Å². The molecule has 0 bridgehead atoms. The lowest BCUT2D eigenvalue weighted by Crippen LogP contribution is -2.25. The van der Waals surface area contributed by atoms with Gasteiger partial charge in [-0.2, -0.15) is 0 Å².